The molecule has 1 atom stereocenters. The van der Waals surface area contributed by atoms with E-state index in [1.54, 1.807) is 10.9 Å². The van der Waals surface area contributed by atoms with E-state index in [-0.39, 0.29) is 12.1 Å². The summed E-state index contributed by atoms with van der Waals surface area (Å²) >= 11 is 0. The third kappa shape index (κ3) is 5.68. The molecule has 0 radical (unpaired) electrons. The summed E-state index contributed by atoms with van der Waals surface area (Å²) in [5, 5.41) is 10.3. The predicted molar refractivity (Wildman–Crippen MR) is 116 cm³/mol. The van der Waals surface area contributed by atoms with E-state index < -0.39 is 0 Å². The van der Waals surface area contributed by atoms with Crippen LogP contribution in [-0.4, -0.2) is 40.3 Å². The smallest absolute Gasteiger partial charge is 0.315 e. The molecule has 0 fully saturated rings. The lowest BCUT2D eigenvalue weighted by molar-refractivity contribution is 0.206. The number of hydrogen-bond donors (Lipinski definition) is 2. The molecule has 0 aliphatic carbocycles. The van der Waals surface area contributed by atoms with Gasteiger partial charge < -0.3 is 10.6 Å². The minimum Gasteiger partial charge on any atom is -0.336 e. The molecule has 2 aromatic carbocycles. The van der Waals surface area contributed by atoms with Crippen molar-refractivity contribution in [1.82, 2.24) is 25.3 Å². The fraction of sp³-hybridized carbons (Fsp3) is 0.304. The molecule has 2 N–H and O–H groups in total. The number of aromatic nitrogens is 2. The maximum absolute atomic E-state index is 12.4. The molecule has 0 bridgehead atoms. The van der Waals surface area contributed by atoms with Crippen LogP contribution in [0.2, 0.25) is 0 Å². The normalized spacial score (nSPS) is 12.0. The van der Waals surface area contributed by atoms with Crippen LogP contribution >= 0.6 is 0 Å². The Morgan fingerprint density at radius 2 is 1.66 bits per heavy atom. The molecular formula is C23H29N5O. The lowest BCUT2D eigenvalue weighted by Crippen LogP contribution is -2.42. The first-order valence-corrected chi connectivity index (χ1v) is 10.1. The average Bonchev–Trinajstić information content (AvgIpc) is 3.25. The van der Waals surface area contributed by atoms with Crippen LogP contribution < -0.4 is 10.6 Å². The van der Waals surface area contributed by atoms with Gasteiger partial charge in [-0.25, -0.2) is 9.48 Å². The number of para-hydroxylation sites is 1. The second-order valence-corrected chi connectivity index (χ2v) is 6.84. The van der Waals surface area contributed by atoms with E-state index in [0.29, 0.717) is 13.1 Å². The standard InChI is InChI=1S/C23H29N5O/c1-3-27(4-2)22(20-11-7-5-8-12-20)17-25-23(29)24-15-19-16-26-28(18-19)21-13-9-6-10-14-21/h5-14,16,18,22H,3-4,15,17H2,1-2H3,(H2,24,25,29). The van der Waals surface area contributed by atoms with Gasteiger partial charge in [-0.15, -0.1) is 0 Å². The Bertz CT molecular complexity index is 875. The molecule has 3 aromatic rings. The summed E-state index contributed by atoms with van der Waals surface area (Å²) in [7, 11) is 0. The number of amides is 2. The Kier molecular flexibility index (Phi) is 7.41. The molecule has 3 rings (SSSR count). The van der Waals surface area contributed by atoms with Crippen molar-refractivity contribution in [3.05, 3.63) is 84.2 Å². The van der Waals surface area contributed by atoms with Gasteiger partial charge in [0.2, 0.25) is 0 Å². The minimum absolute atomic E-state index is 0.151. The van der Waals surface area contributed by atoms with Gasteiger partial charge in [-0.3, -0.25) is 4.90 Å². The first-order chi connectivity index (χ1) is 14.2. The van der Waals surface area contributed by atoms with Crippen molar-refractivity contribution in [2.45, 2.75) is 26.4 Å². The molecule has 6 nitrogen and oxygen atoms in total. The summed E-state index contributed by atoms with van der Waals surface area (Å²) in [4.78, 5) is 14.7. The first-order valence-electron chi connectivity index (χ1n) is 10.1. The molecule has 1 aromatic heterocycles. The van der Waals surface area contributed by atoms with Crippen molar-refractivity contribution in [2.24, 2.45) is 0 Å². The third-order valence-corrected chi connectivity index (χ3v) is 5.00. The van der Waals surface area contributed by atoms with Gasteiger partial charge in [-0.05, 0) is 30.8 Å². The first kappa shape index (κ1) is 20.6. The van der Waals surface area contributed by atoms with E-state index >= 15 is 0 Å². The Hall–Kier alpha value is -3.12. The van der Waals surface area contributed by atoms with Crippen LogP contribution in [0.4, 0.5) is 4.79 Å². The highest BCUT2D eigenvalue weighted by atomic mass is 16.2. The topological polar surface area (TPSA) is 62.2 Å². The summed E-state index contributed by atoms with van der Waals surface area (Å²) < 4.78 is 1.81. The van der Waals surface area contributed by atoms with Gasteiger partial charge in [-0.2, -0.15) is 5.10 Å². The van der Waals surface area contributed by atoms with Gasteiger partial charge in [0.25, 0.3) is 0 Å². The number of nitrogens with one attached hydrogen (secondary N) is 2. The maximum atomic E-state index is 12.4. The molecule has 1 unspecified atom stereocenters. The van der Waals surface area contributed by atoms with E-state index in [1.165, 1.54) is 5.56 Å². The Balaban J connectivity index is 1.54. The second-order valence-electron chi connectivity index (χ2n) is 6.84. The quantitative estimate of drug-likeness (QED) is 0.584. The van der Waals surface area contributed by atoms with E-state index in [9.17, 15) is 4.79 Å². The highest BCUT2D eigenvalue weighted by molar-refractivity contribution is 5.73. The van der Waals surface area contributed by atoms with Gasteiger partial charge in [0.1, 0.15) is 0 Å². The molecule has 0 aliphatic heterocycles. The predicted octanol–water partition coefficient (Wildman–Crippen LogP) is 3.75. The lowest BCUT2D eigenvalue weighted by atomic mass is 10.1. The van der Waals surface area contributed by atoms with Gasteiger partial charge in [0, 0.05) is 24.8 Å². The Morgan fingerprint density at radius 1 is 1.00 bits per heavy atom. The number of benzene rings is 2. The summed E-state index contributed by atoms with van der Waals surface area (Å²) in [6.45, 7) is 7.13. The summed E-state index contributed by atoms with van der Waals surface area (Å²) in [5.41, 5.74) is 3.15. The maximum Gasteiger partial charge on any atom is 0.315 e. The lowest BCUT2D eigenvalue weighted by Gasteiger charge is -2.30. The number of nitrogens with zero attached hydrogens (tertiary/aromatic N) is 3. The molecular weight excluding hydrogens is 362 g/mol. The number of likely N-dealkylation sites (N-methyl/N-ethyl adjacent to an activating group) is 1. The molecule has 0 saturated carbocycles. The third-order valence-electron chi connectivity index (χ3n) is 5.00. The van der Waals surface area contributed by atoms with E-state index in [2.05, 4.69) is 46.6 Å². The van der Waals surface area contributed by atoms with Crippen LogP contribution in [0.3, 0.4) is 0 Å². The second kappa shape index (κ2) is 10.4. The summed E-state index contributed by atoms with van der Waals surface area (Å²) in [6.07, 6.45) is 3.70. The van der Waals surface area contributed by atoms with Crippen molar-refractivity contribution in [1.29, 1.82) is 0 Å². The zero-order chi connectivity index (χ0) is 20.5. The van der Waals surface area contributed by atoms with E-state index in [4.69, 9.17) is 0 Å². The average molecular weight is 392 g/mol. The highest BCUT2D eigenvalue weighted by Crippen LogP contribution is 2.19. The number of carbonyl (C=O) groups excluding carboxylic acids is 1. The number of hydrogen-bond acceptors (Lipinski definition) is 3. The van der Waals surface area contributed by atoms with Gasteiger partial charge in [0.15, 0.2) is 0 Å². The SMILES string of the molecule is CCN(CC)C(CNC(=O)NCc1cnn(-c2ccccc2)c1)c1ccccc1. The highest BCUT2D eigenvalue weighted by Gasteiger charge is 2.18. The monoisotopic (exact) mass is 391 g/mol. The largest absolute Gasteiger partial charge is 0.336 e. The minimum atomic E-state index is -0.175. The van der Waals surface area contributed by atoms with Gasteiger partial charge in [-0.1, -0.05) is 62.4 Å². The zero-order valence-electron chi connectivity index (χ0n) is 17.1. The van der Waals surface area contributed by atoms with Crippen LogP contribution in [0.15, 0.2) is 73.1 Å². The number of carbonyl (C=O) groups is 1. The Labute approximate surface area is 172 Å². The Morgan fingerprint density at radius 3 is 2.31 bits per heavy atom. The van der Waals surface area contributed by atoms with Crippen LogP contribution in [0, 0.1) is 0 Å². The molecule has 29 heavy (non-hydrogen) atoms. The molecule has 0 saturated heterocycles. The van der Waals surface area contributed by atoms with Crippen molar-refractivity contribution in [3.8, 4) is 5.69 Å². The number of urea groups is 1. The van der Waals surface area contributed by atoms with Crippen molar-refractivity contribution >= 4 is 6.03 Å². The fourth-order valence-corrected chi connectivity index (χ4v) is 3.40. The van der Waals surface area contributed by atoms with Crippen LogP contribution in [0.5, 0.6) is 0 Å². The number of rotatable bonds is 9. The van der Waals surface area contributed by atoms with E-state index in [1.807, 2.05) is 54.7 Å². The molecule has 152 valence electrons. The van der Waals surface area contributed by atoms with E-state index in [0.717, 1.165) is 24.3 Å². The van der Waals surface area contributed by atoms with Crippen molar-refractivity contribution < 1.29 is 4.79 Å². The zero-order valence-corrected chi connectivity index (χ0v) is 17.1. The fourth-order valence-electron chi connectivity index (χ4n) is 3.40. The summed E-state index contributed by atoms with van der Waals surface area (Å²) in [6, 6.07) is 20.2. The van der Waals surface area contributed by atoms with Crippen LogP contribution in [-0.2, 0) is 6.54 Å². The molecule has 6 heteroatoms. The van der Waals surface area contributed by atoms with Crippen molar-refractivity contribution in [2.75, 3.05) is 19.6 Å². The van der Waals surface area contributed by atoms with Crippen LogP contribution in [0.1, 0.15) is 31.0 Å². The molecule has 1 heterocycles. The summed E-state index contributed by atoms with van der Waals surface area (Å²) in [5.74, 6) is 0. The van der Waals surface area contributed by atoms with Crippen molar-refractivity contribution in [3.63, 3.8) is 0 Å². The van der Waals surface area contributed by atoms with Crippen LogP contribution in [0.25, 0.3) is 5.69 Å². The van der Waals surface area contributed by atoms with Gasteiger partial charge >= 0.3 is 6.03 Å². The molecule has 2 amide bonds. The van der Waals surface area contributed by atoms with Gasteiger partial charge in [0.05, 0.1) is 17.9 Å². The molecule has 0 spiro atoms. The molecule has 0 aliphatic rings.